The average molecular weight is 408 g/mol. The number of piperazine rings is 1. The molecule has 3 heterocycles. The van der Waals surface area contributed by atoms with Crippen molar-refractivity contribution < 1.29 is 24.0 Å². The molecule has 4 rings (SSSR count). The van der Waals surface area contributed by atoms with Gasteiger partial charge < -0.3 is 25.6 Å². The van der Waals surface area contributed by atoms with E-state index in [1.165, 1.54) is 11.3 Å². The first-order valence-corrected chi connectivity index (χ1v) is 10.8. The van der Waals surface area contributed by atoms with Gasteiger partial charge in [-0.3, -0.25) is 14.4 Å². The smallest absolute Gasteiger partial charge is 0.280 e. The molecule has 0 bridgehead atoms. The molecule has 152 valence electrons. The van der Waals surface area contributed by atoms with E-state index in [2.05, 4.69) is 5.32 Å². The number of ether oxygens (including phenoxy) is 1. The number of nitrogens with one attached hydrogen (secondary N) is 2. The summed E-state index contributed by atoms with van der Waals surface area (Å²) in [7, 11) is 0. The second-order valence-corrected chi connectivity index (χ2v) is 8.83. The van der Waals surface area contributed by atoms with Gasteiger partial charge in [-0.15, -0.1) is 11.3 Å². The Morgan fingerprint density at radius 2 is 2.00 bits per heavy atom. The number of fused-ring (bicyclic) bond motifs is 1. The number of hydrogen-bond donors (Lipinski definition) is 3. The van der Waals surface area contributed by atoms with Crippen LogP contribution in [0.4, 0.5) is 5.00 Å². The lowest BCUT2D eigenvalue weighted by molar-refractivity contribution is -0.895. The third-order valence-corrected chi connectivity index (χ3v) is 7.03. The topological polar surface area (TPSA) is 106 Å². The summed E-state index contributed by atoms with van der Waals surface area (Å²) in [4.78, 5) is 40.9. The van der Waals surface area contributed by atoms with Crippen LogP contribution in [0.15, 0.2) is 0 Å². The van der Waals surface area contributed by atoms with Crippen molar-refractivity contribution in [3.05, 3.63) is 16.0 Å². The van der Waals surface area contributed by atoms with E-state index in [9.17, 15) is 14.4 Å². The van der Waals surface area contributed by atoms with Crippen molar-refractivity contribution in [2.24, 2.45) is 5.73 Å². The molecule has 1 aromatic heterocycles. The van der Waals surface area contributed by atoms with Crippen molar-refractivity contribution in [2.75, 3.05) is 44.6 Å². The number of nitrogens with two attached hydrogens (primary N) is 1. The Morgan fingerprint density at radius 3 is 2.68 bits per heavy atom. The molecule has 2 aliphatic heterocycles. The molecule has 8 nitrogen and oxygen atoms in total. The van der Waals surface area contributed by atoms with Crippen LogP contribution >= 0.6 is 11.3 Å². The number of quaternary nitrogens is 1. The zero-order valence-corrected chi connectivity index (χ0v) is 16.7. The van der Waals surface area contributed by atoms with E-state index in [4.69, 9.17) is 10.5 Å². The lowest BCUT2D eigenvalue weighted by atomic mass is 10.1. The van der Waals surface area contributed by atoms with E-state index in [1.54, 1.807) is 0 Å². The molecule has 1 aromatic rings. The summed E-state index contributed by atoms with van der Waals surface area (Å²) in [5.41, 5.74) is 7.06. The van der Waals surface area contributed by atoms with Gasteiger partial charge in [0.05, 0.1) is 31.7 Å². The van der Waals surface area contributed by atoms with Gasteiger partial charge in [-0.1, -0.05) is 0 Å². The monoisotopic (exact) mass is 407 g/mol. The minimum absolute atomic E-state index is 0.0835. The van der Waals surface area contributed by atoms with Crippen LogP contribution in [0.1, 0.15) is 40.1 Å². The molecule has 0 unspecified atom stereocenters. The molecule has 4 N–H and O–H groups in total. The molecular weight excluding hydrogens is 380 g/mol. The predicted octanol–water partition coefficient (Wildman–Crippen LogP) is -0.820. The summed E-state index contributed by atoms with van der Waals surface area (Å²) in [6.45, 7) is 3.73. The van der Waals surface area contributed by atoms with Gasteiger partial charge >= 0.3 is 0 Å². The quantitative estimate of drug-likeness (QED) is 0.593. The van der Waals surface area contributed by atoms with Crippen molar-refractivity contribution in [1.29, 1.82) is 0 Å². The maximum atomic E-state index is 12.5. The van der Waals surface area contributed by atoms with E-state index in [0.29, 0.717) is 36.8 Å². The van der Waals surface area contributed by atoms with Crippen LogP contribution in [-0.2, 0) is 27.2 Å². The number of primary amides is 1. The van der Waals surface area contributed by atoms with Crippen molar-refractivity contribution >= 4 is 34.1 Å². The van der Waals surface area contributed by atoms with Gasteiger partial charge in [-0.2, -0.15) is 0 Å². The van der Waals surface area contributed by atoms with Crippen molar-refractivity contribution in [3.8, 4) is 0 Å². The van der Waals surface area contributed by atoms with Crippen LogP contribution in [-0.4, -0.2) is 68.1 Å². The number of amides is 3. The van der Waals surface area contributed by atoms with Crippen molar-refractivity contribution in [1.82, 2.24) is 4.90 Å². The molecule has 1 aliphatic carbocycles. The van der Waals surface area contributed by atoms with Gasteiger partial charge in [0.1, 0.15) is 11.1 Å². The SMILES string of the molecule is NC(=O)c1c(NC(=O)C[NH+]2CCN(C(=O)[C@H]3CCCO3)CC2)sc2c1CCC2. The summed E-state index contributed by atoms with van der Waals surface area (Å²) < 4.78 is 5.48. The second kappa shape index (κ2) is 8.18. The van der Waals surface area contributed by atoms with Crippen LogP contribution in [0.5, 0.6) is 0 Å². The number of rotatable bonds is 5. The minimum Gasteiger partial charge on any atom is -0.368 e. The molecule has 2 saturated heterocycles. The van der Waals surface area contributed by atoms with Gasteiger partial charge in [-0.25, -0.2) is 0 Å². The highest BCUT2D eigenvalue weighted by Crippen LogP contribution is 2.38. The highest BCUT2D eigenvalue weighted by molar-refractivity contribution is 7.17. The number of carbonyl (C=O) groups excluding carboxylic acids is 3. The predicted molar refractivity (Wildman–Crippen MR) is 105 cm³/mol. The first kappa shape index (κ1) is 19.4. The van der Waals surface area contributed by atoms with Crippen molar-refractivity contribution in [2.45, 2.75) is 38.2 Å². The average Bonchev–Trinajstić information content (AvgIpc) is 3.38. The molecule has 0 radical (unpaired) electrons. The summed E-state index contributed by atoms with van der Waals surface area (Å²) >= 11 is 1.48. The fourth-order valence-corrected chi connectivity index (χ4v) is 5.66. The number of carbonyl (C=O) groups is 3. The fourth-order valence-electron chi connectivity index (χ4n) is 4.35. The highest BCUT2D eigenvalue weighted by Gasteiger charge is 2.32. The van der Waals surface area contributed by atoms with E-state index >= 15 is 0 Å². The Balaban J connectivity index is 1.30. The Hall–Kier alpha value is -1.97. The summed E-state index contributed by atoms with van der Waals surface area (Å²) in [5.74, 6) is -0.500. The third-order valence-electron chi connectivity index (χ3n) is 5.82. The van der Waals surface area contributed by atoms with Crippen LogP contribution in [0.3, 0.4) is 0 Å². The number of thiophene rings is 1. The Bertz CT molecular complexity index is 779. The minimum atomic E-state index is -0.469. The van der Waals surface area contributed by atoms with Gasteiger partial charge in [0.2, 0.25) is 0 Å². The zero-order valence-electron chi connectivity index (χ0n) is 15.9. The van der Waals surface area contributed by atoms with E-state index in [-0.39, 0.29) is 17.9 Å². The Morgan fingerprint density at radius 1 is 1.21 bits per heavy atom. The molecule has 9 heteroatoms. The van der Waals surface area contributed by atoms with Gasteiger partial charge in [-0.05, 0) is 37.7 Å². The van der Waals surface area contributed by atoms with Gasteiger partial charge in [0, 0.05) is 11.5 Å². The number of nitrogens with zero attached hydrogens (tertiary/aromatic N) is 1. The van der Waals surface area contributed by atoms with Crippen LogP contribution in [0.2, 0.25) is 0 Å². The number of hydrogen-bond acceptors (Lipinski definition) is 5. The normalized spacial score (nSPS) is 22.3. The first-order chi connectivity index (χ1) is 13.5. The molecule has 0 saturated carbocycles. The van der Waals surface area contributed by atoms with E-state index in [0.717, 1.165) is 60.5 Å². The van der Waals surface area contributed by atoms with Crippen LogP contribution < -0.4 is 16.0 Å². The van der Waals surface area contributed by atoms with Gasteiger partial charge in [0.15, 0.2) is 6.54 Å². The lowest BCUT2D eigenvalue weighted by Crippen LogP contribution is -3.15. The maximum Gasteiger partial charge on any atom is 0.280 e. The third kappa shape index (κ3) is 3.92. The van der Waals surface area contributed by atoms with E-state index in [1.807, 2.05) is 4.90 Å². The molecule has 0 aromatic carbocycles. The standard InChI is InChI=1S/C19H26N4O4S/c20-17(25)16-12-3-1-5-14(12)28-18(16)21-15(24)11-22-6-8-23(9-7-22)19(26)13-4-2-10-27-13/h13H,1-11H2,(H2,20,25)(H,21,24)/p+1/t13-/m1/s1. The fraction of sp³-hybridized carbons (Fsp3) is 0.632. The molecular formula is C19H27N4O4S+. The Labute approximate surface area is 168 Å². The van der Waals surface area contributed by atoms with E-state index < -0.39 is 5.91 Å². The molecule has 0 spiro atoms. The molecule has 2 fully saturated rings. The Kier molecular flexibility index (Phi) is 5.65. The highest BCUT2D eigenvalue weighted by atomic mass is 32.1. The van der Waals surface area contributed by atoms with Crippen LogP contribution in [0, 0.1) is 0 Å². The number of anilines is 1. The van der Waals surface area contributed by atoms with Gasteiger partial charge in [0.25, 0.3) is 17.7 Å². The number of aryl methyl sites for hydroxylation is 1. The summed E-state index contributed by atoms with van der Waals surface area (Å²) in [6, 6.07) is 0. The molecule has 28 heavy (non-hydrogen) atoms. The maximum absolute atomic E-state index is 12.5. The zero-order chi connectivity index (χ0) is 19.7. The second-order valence-electron chi connectivity index (χ2n) is 7.73. The largest absolute Gasteiger partial charge is 0.368 e. The first-order valence-electron chi connectivity index (χ1n) is 10.0. The van der Waals surface area contributed by atoms with Crippen molar-refractivity contribution in [3.63, 3.8) is 0 Å². The van der Waals surface area contributed by atoms with Crippen LogP contribution in [0.25, 0.3) is 0 Å². The summed E-state index contributed by atoms with van der Waals surface area (Å²) in [6.07, 6.45) is 4.31. The molecule has 1 atom stereocenters. The molecule has 3 aliphatic rings. The molecule has 3 amide bonds. The lowest BCUT2D eigenvalue weighted by Gasteiger charge is -2.33. The summed E-state index contributed by atoms with van der Waals surface area (Å²) in [5, 5.41) is 3.50.